The number of aromatic nitrogens is 3. The van der Waals surface area contributed by atoms with Gasteiger partial charge >= 0.3 is 6.01 Å². The molecule has 0 radical (unpaired) electrons. The fourth-order valence-electron chi connectivity index (χ4n) is 3.62. The Morgan fingerprint density at radius 2 is 1.79 bits per heavy atom. The summed E-state index contributed by atoms with van der Waals surface area (Å²) in [6, 6.07) is 20.1. The van der Waals surface area contributed by atoms with Crippen LogP contribution in [0.25, 0.3) is 16.5 Å². The Balaban J connectivity index is 0.000000275. The third-order valence-corrected chi connectivity index (χ3v) is 5.31. The van der Waals surface area contributed by atoms with Gasteiger partial charge in [0.05, 0.1) is 23.1 Å². The van der Waals surface area contributed by atoms with E-state index in [0.717, 1.165) is 23.3 Å². The second-order valence-corrected chi connectivity index (χ2v) is 7.76. The molecule has 2 aromatic carbocycles. The Kier molecular flexibility index (Phi) is 6.74. The molecule has 6 heteroatoms. The topological polar surface area (TPSA) is 80.2 Å². The van der Waals surface area contributed by atoms with Crippen molar-refractivity contribution in [3.05, 3.63) is 101 Å². The minimum atomic E-state index is -0.254. The van der Waals surface area contributed by atoms with Crippen molar-refractivity contribution in [2.24, 2.45) is 4.99 Å². The first-order valence-electron chi connectivity index (χ1n) is 11.0. The molecule has 0 fully saturated rings. The second-order valence-electron chi connectivity index (χ2n) is 7.76. The van der Waals surface area contributed by atoms with Crippen molar-refractivity contribution in [1.29, 1.82) is 0 Å². The van der Waals surface area contributed by atoms with Crippen LogP contribution >= 0.6 is 0 Å². The van der Waals surface area contributed by atoms with E-state index in [1.807, 2.05) is 37.3 Å². The molecular weight excluding hydrogens is 412 g/mol. The molecule has 5 rings (SSSR count). The predicted octanol–water partition coefficient (Wildman–Crippen LogP) is 5.61. The molecule has 0 aliphatic carbocycles. The highest BCUT2D eigenvalue weighted by molar-refractivity contribution is 6.24. The highest BCUT2D eigenvalue weighted by atomic mass is 16.5. The molecule has 6 nitrogen and oxygen atoms in total. The summed E-state index contributed by atoms with van der Waals surface area (Å²) in [6.07, 6.45) is 6.38. The largest absolute Gasteiger partial charge is 0.426 e. The van der Waals surface area contributed by atoms with Gasteiger partial charge < -0.3 is 4.74 Å². The van der Waals surface area contributed by atoms with Gasteiger partial charge in [-0.2, -0.15) is 4.98 Å². The lowest BCUT2D eigenvalue weighted by Gasteiger charge is -2.07. The number of nitrogens with zero attached hydrogens (tertiary/aromatic N) is 3. The van der Waals surface area contributed by atoms with Gasteiger partial charge in [0, 0.05) is 17.5 Å². The first-order valence-corrected chi connectivity index (χ1v) is 11.0. The molecule has 2 aromatic heterocycles. The van der Waals surface area contributed by atoms with Crippen molar-refractivity contribution in [2.45, 2.75) is 33.2 Å². The number of aromatic amines is 1. The monoisotopic (exact) mass is 438 g/mol. The smallest absolute Gasteiger partial charge is 0.302 e. The molecule has 0 saturated heterocycles. The summed E-state index contributed by atoms with van der Waals surface area (Å²) < 4.78 is 5.69. The normalized spacial score (nSPS) is 14.8. The van der Waals surface area contributed by atoms with Crippen molar-refractivity contribution in [3.63, 3.8) is 0 Å². The number of hydrogen-bond acceptors (Lipinski definition) is 5. The van der Waals surface area contributed by atoms with Crippen LogP contribution in [0.5, 0.6) is 11.8 Å². The lowest BCUT2D eigenvalue weighted by Crippen LogP contribution is -2.09. The molecular formula is C27H26N4O2. The van der Waals surface area contributed by atoms with E-state index < -0.39 is 0 Å². The van der Waals surface area contributed by atoms with E-state index in [4.69, 9.17) is 4.74 Å². The quantitative estimate of drug-likeness (QED) is 0.449. The van der Waals surface area contributed by atoms with Crippen LogP contribution in [0.2, 0.25) is 0 Å². The Labute approximate surface area is 192 Å². The van der Waals surface area contributed by atoms with Crippen LogP contribution in [0.15, 0.2) is 88.9 Å². The van der Waals surface area contributed by atoms with Gasteiger partial charge in [-0.25, -0.2) is 0 Å². The number of nitrogens with one attached hydrogen (secondary N) is 1. The maximum absolute atomic E-state index is 12.1. The minimum absolute atomic E-state index is 0.143. The third-order valence-electron chi connectivity index (χ3n) is 5.31. The number of H-pyrrole nitrogens is 1. The number of ether oxygens (including phenoxy) is 1. The number of allylic oxidation sites excluding steroid dienone is 1. The zero-order chi connectivity index (χ0) is 23.2. The van der Waals surface area contributed by atoms with E-state index in [1.54, 1.807) is 12.3 Å². The summed E-state index contributed by atoms with van der Waals surface area (Å²) in [5.41, 5.74) is 4.91. The Morgan fingerprint density at radius 3 is 2.42 bits per heavy atom. The Morgan fingerprint density at radius 1 is 1.03 bits per heavy atom. The van der Waals surface area contributed by atoms with Crippen LogP contribution in [0.4, 0.5) is 0 Å². The average molecular weight is 439 g/mol. The lowest BCUT2D eigenvalue weighted by molar-refractivity contribution is 0.442. The van der Waals surface area contributed by atoms with Gasteiger partial charge in [0.2, 0.25) is 0 Å². The number of hydrogen-bond donors (Lipinski definition) is 1. The lowest BCUT2D eigenvalue weighted by atomic mass is 10.0. The van der Waals surface area contributed by atoms with Gasteiger partial charge in [0.25, 0.3) is 5.56 Å². The van der Waals surface area contributed by atoms with E-state index >= 15 is 0 Å². The minimum Gasteiger partial charge on any atom is -0.426 e. The van der Waals surface area contributed by atoms with E-state index in [2.05, 4.69) is 64.1 Å². The standard InChI is InChI=1S/C19H16N4O2.C8H10/c1-11-9-16(12(2)21-11)13-3-5-14(6-4-13)25-19-22-17-10-20-8-7-15(17)18(24)23-19;1-2-8-6-4-3-5-7-8/h3-11H,1-2H3,(H,22,23,24);3-7H,2H2,1H3. The van der Waals surface area contributed by atoms with Gasteiger partial charge in [-0.3, -0.25) is 19.8 Å². The van der Waals surface area contributed by atoms with Crippen LogP contribution in [0.1, 0.15) is 31.9 Å². The predicted molar refractivity (Wildman–Crippen MR) is 133 cm³/mol. The van der Waals surface area contributed by atoms with Crippen LogP contribution < -0.4 is 10.3 Å². The maximum atomic E-state index is 12.1. The highest BCUT2D eigenvalue weighted by Gasteiger charge is 2.14. The van der Waals surface area contributed by atoms with Crippen molar-refractivity contribution >= 4 is 22.2 Å². The molecule has 4 aromatic rings. The molecule has 0 bridgehead atoms. The van der Waals surface area contributed by atoms with E-state index in [-0.39, 0.29) is 17.6 Å². The molecule has 1 atom stereocenters. The van der Waals surface area contributed by atoms with Crippen LogP contribution in [-0.4, -0.2) is 26.7 Å². The zero-order valence-electron chi connectivity index (χ0n) is 18.9. The molecule has 0 amide bonds. The molecule has 0 spiro atoms. The summed E-state index contributed by atoms with van der Waals surface area (Å²) in [7, 11) is 0. The summed E-state index contributed by atoms with van der Waals surface area (Å²) in [5, 5.41) is 0.481. The SMILES string of the molecule is CC1=NC(C)C=C1c1ccc(Oc2nc3cnccc3c(=O)[nH]2)cc1.CCc1ccccc1. The number of aliphatic imine (C=N–C) groups is 1. The highest BCUT2D eigenvalue weighted by Crippen LogP contribution is 2.26. The molecule has 166 valence electrons. The number of aryl methyl sites for hydroxylation is 1. The van der Waals surface area contributed by atoms with E-state index in [0.29, 0.717) is 16.7 Å². The fraction of sp³-hybridized carbons (Fsp3) is 0.185. The van der Waals surface area contributed by atoms with Crippen LogP contribution in [-0.2, 0) is 6.42 Å². The Bertz CT molecular complexity index is 1360. The maximum Gasteiger partial charge on any atom is 0.302 e. The summed E-state index contributed by atoms with van der Waals surface area (Å²) in [4.78, 5) is 27.5. The molecule has 1 aliphatic rings. The van der Waals surface area contributed by atoms with Gasteiger partial charge in [0.15, 0.2) is 0 Å². The summed E-state index contributed by atoms with van der Waals surface area (Å²) in [6.45, 7) is 6.23. The number of benzene rings is 2. The first-order chi connectivity index (χ1) is 16.0. The molecule has 1 unspecified atom stereocenters. The first kappa shape index (κ1) is 22.1. The van der Waals surface area contributed by atoms with Gasteiger partial charge in [-0.15, -0.1) is 0 Å². The molecule has 0 saturated carbocycles. The van der Waals surface area contributed by atoms with Crippen molar-refractivity contribution in [2.75, 3.05) is 0 Å². The van der Waals surface area contributed by atoms with Crippen molar-refractivity contribution in [3.8, 4) is 11.8 Å². The van der Waals surface area contributed by atoms with Crippen molar-refractivity contribution in [1.82, 2.24) is 15.0 Å². The van der Waals surface area contributed by atoms with Gasteiger partial charge in [-0.1, -0.05) is 55.5 Å². The molecule has 1 N–H and O–H groups in total. The van der Waals surface area contributed by atoms with Crippen molar-refractivity contribution < 1.29 is 4.74 Å². The van der Waals surface area contributed by atoms with Crippen LogP contribution in [0, 0.1) is 0 Å². The average Bonchev–Trinajstić information content (AvgIpc) is 3.18. The zero-order valence-corrected chi connectivity index (χ0v) is 18.9. The second kappa shape index (κ2) is 10.0. The van der Waals surface area contributed by atoms with E-state index in [1.165, 1.54) is 11.8 Å². The Hall–Kier alpha value is -4.06. The fourth-order valence-corrected chi connectivity index (χ4v) is 3.62. The van der Waals surface area contributed by atoms with E-state index in [9.17, 15) is 4.79 Å². The summed E-state index contributed by atoms with van der Waals surface area (Å²) in [5.74, 6) is 0.594. The molecule has 33 heavy (non-hydrogen) atoms. The van der Waals surface area contributed by atoms with Crippen LogP contribution in [0.3, 0.4) is 0 Å². The third kappa shape index (κ3) is 5.41. The molecule has 3 heterocycles. The summed E-state index contributed by atoms with van der Waals surface area (Å²) >= 11 is 0. The number of pyridine rings is 1. The molecule has 1 aliphatic heterocycles. The van der Waals surface area contributed by atoms with Gasteiger partial charge in [0.1, 0.15) is 5.75 Å². The number of rotatable bonds is 4. The number of fused-ring (bicyclic) bond motifs is 1. The van der Waals surface area contributed by atoms with Gasteiger partial charge in [-0.05, 0) is 49.6 Å².